The van der Waals surface area contributed by atoms with Gasteiger partial charge >= 0.3 is 0 Å². The van der Waals surface area contributed by atoms with Crippen LogP contribution in [0.1, 0.15) is 39.5 Å². The second kappa shape index (κ2) is 3.80. The van der Waals surface area contributed by atoms with Crippen LogP contribution in [0.2, 0.25) is 0 Å². The molecule has 0 saturated carbocycles. The van der Waals surface area contributed by atoms with Crippen molar-refractivity contribution in [3.8, 4) is 17.1 Å². The van der Waals surface area contributed by atoms with Gasteiger partial charge in [-0.1, -0.05) is 12.1 Å². The number of phenolic OH excluding ortho intramolecular Hbond substituents is 1. The summed E-state index contributed by atoms with van der Waals surface area (Å²) in [6.07, 6.45) is -0.880. The van der Waals surface area contributed by atoms with Gasteiger partial charge in [-0.15, -0.1) is 0 Å². The van der Waals surface area contributed by atoms with Crippen molar-refractivity contribution in [2.45, 2.75) is 13.0 Å². The third kappa shape index (κ3) is 1.52. The molecule has 1 heterocycles. The average Bonchev–Trinajstić information content (AvgIpc) is 2.81. The highest BCUT2D eigenvalue weighted by Crippen LogP contribution is 2.40. The number of aromatic hydroxyl groups is 1. The van der Waals surface area contributed by atoms with E-state index in [1.165, 1.54) is 19.1 Å². The zero-order chi connectivity index (χ0) is 13.7. The SMILES string of the molecule is C[C@H](O)c1cc2c(o1)-c1cccc(O)c1C(=O)C2=O. The maximum absolute atomic E-state index is 12.0. The number of carbonyl (C=O) groups excluding carboxylic acids is 2. The number of hydrogen-bond acceptors (Lipinski definition) is 5. The van der Waals surface area contributed by atoms with Gasteiger partial charge in [0, 0.05) is 5.56 Å². The Hall–Kier alpha value is -2.40. The molecule has 0 spiro atoms. The quantitative estimate of drug-likeness (QED) is 0.764. The number of aliphatic hydroxyl groups is 1. The Morgan fingerprint density at radius 2 is 1.89 bits per heavy atom. The van der Waals surface area contributed by atoms with Gasteiger partial charge in [-0.25, -0.2) is 0 Å². The van der Waals surface area contributed by atoms with Crippen molar-refractivity contribution >= 4 is 11.6 Å². The van der Waals surface area contributed by atoms with E-state index in [9.17, 15) is 19.8 Å². The van der Waals surface area contributed by atoms with Crippen molar-refractivity contribution in [1.29, 1.82) is 0 Å². The second-order valence-electron chi connectivity index (χ2n) is 4.43. The maximum atomic E-state index is 12.0. The molecule has 0 aliphatic heterocycles. The summed E-state index contributed by atoms with van der Waals surface area (Å²) in [5.74, 6) is -1.33. The number of rotatable bonds is 1. The van der Waals surface area contributed by atoms with Crippen LogP contribution in [0, 0.1) is 0 Å². The third-order valence-corrected chi connectivity index (χ3v) is 3.13. The first-order chi connectivity index (χ1) is 9.00. The Bertz CT molecular complexity index is 709. The minimum Gasteiger partial charge on any atom is -0.507 e. The average molecular weight is 258 g/mol. The van der Waals surface area contributed by atoms with Crippen LogP contribution < -0.4 is 0 Å². The molecular formula is C14H10O5. The number of furan rings is 1. The molecule has 1 aliphatic carbocycles. The number of Topliss-reactive ketones (excluding diaryl/α,β-unsaturated/α-hetero) is 2. The van der Waals surface area contributed by atoms with Crippen LogP contribution in [-0.4, -0.2) is 21.8 Å². The normalized spacial score (nSPS) is 15.1. The summed E-state index contributed by atoms with van der Waals surface area (Å²) in [5, 5.41) is 19.2. The number of carbonyl (C=O) groups is 2. The fourth-order valence-corrected chi connectivity index (χ4v) is 2.19. The molecule has 0 fully saturated rings. The first kappa shape index (κ1) is 11.7. The molecular weight excluding hydrogens is 248 g/mol. The van der Waals surface area contributed by atoms with Crippen LogP contribution in [0.25, 0.3) is 11.3 Å². The Labute approximate surface area is 108 Å². The lowest BCUT2D eigenvalue weighted by atomic mass is 9.88. The Kier molecular flexibility index (Phi) is 2.33. The first-order valence-corrected chi connectivity index (χ1v) is 5.74. The number of phenols is 1. The summed E-state index contributed by atoms with van der Waals surface area (Å²) in [5.41, 5.74) is 0.442. The van der Waals surface area contributed by atoms with E-state index < -0.39 is 17.7 Å². The standard InChI is InChI=1S/C14H10O5/c1-6(15)10-5-8-12(17)13(18)11-7(14(8)19-10)3-2-4-9(11)16/h2-6,15-16H,1H3/t6-/m0/s1. The molecule has 1 aromatic heterocycles. The molecule has 2 aromatic rings. The molecule has 0 unspecified atom stereocenters. The summed E-state index contributed by atoms with van der Waals surface area (Å²) in [6.45, 7) is 1.50. The summed E-state index contributed by atoms with van der Waals surface area (Å²) in [7, 11) is 0. The van der Waals surface area contributed by atoms with Crippen LogP contribution in [-0.2, 0) is 0 Å². The fraction of sp³-hybridized carbons (Fsp3) is 0.143. The highest BCUT2D eigenvalue weighted by Gasteiger charge is 2.36. The van der Waals surface area contributed by atoms with Crippen LogP contribution in [0.5, 0.6) is 5.75 Å². The molecule has 0 amide bonds. The molecule has 5 heteroatoms. The molecule has 0 bridgehead atoms. The van der Waals surface area contributed by atoms with E-state index in [2.05, 4.69) is 0 Å². The second-order valence-corrected chi connectivity index (χ2v) is 4.43. The number of benzene rings is 1. The molecule has 5 nitrogen and oxygen atoms in total. The molecule has 96 valence electrons. The fourth-order valence-electron chi connectivity index (χ4n) is 2.19. The molecule has 1 aromatic carbocycles. The van der Waals surface area contributed by atoms with Crippen molar-refractivity contribution in [2.75, 3.05) is 0 Å². The van der Waals surface area contributed by atoms with E-state index in [0.29, 0.717) is 5.56 Å². The maximum Gasteiger partial charge on any atom is 0.238 e. The molecule has 0 saturated heterocycles. The predicted molar refractivity (Wildman–Crippen MR) is 65.1 cm³/mol. The van der Waals surface area contributed by atoms with E-state index >= 15 is 0 Å². The van der Waals surface area contributed by atoms with Gasteiger partial charge in [0.15, 0.2) is 0 Å². The Morgan fingerprint density at radius 1 is 1.16 bits per heavy atom. The minimum atomic E-state index is -0.880. The van der Waals surface area contributed by atoms with Gasteiger partial charge in [-0.05, 0) is 19.1 Å². The lowest BCUT2D eigenvalue weighted by Gasteiger charge is -2.13. The lowest BCUT2D eigenvalue weighted by Crippen LogP contribution is -2.20. The van der Waals surface area contributed by atoms with Gasteiger partial charge in [-0.3, -0.25) is 9.59 Å². The first-order valence-electron chi connectivity index (χ1n) is 5.74. The molecule has 2 N–H and O–H groups in total. The van der Waals surface area contributed by atoms with Gasteiger partial charge < -0.3 is 14.6 Å². The zero-order valence-corrected chi connectivity index (χ0v) is 10.0. The monoisotopic (exact) mass is 258 g/mol. The summed E-state index contributed by atoms with van der Waals surface area (Å²) >= 11 is 0. The van der Waals surface area contributed by atoms with Crippen molar-refractivity contribution in [1.82, 2.24) is 0 Å². The number of fused-ring (bicyclic) bond motifs is 3. The van der Waals surface area contributed by atoms with Crippen LogP contribution in [0.15, 0.2) is 28.7 Å². The van der Waals surface area contributed by atoms with Gasteiger partial charge in [0.1, 0.15) is 23.4 Å². The van der Waals surface area contributed by atoms with Crippen LogP contribution >= 0.6 is 0 Å². The van der Waals surface area contributed by atoms with Crippen molar-refractivity contribution in [3.05, 3.63) is 41.2 Å². The molecule has 19 heavy (non-hydrogen) atoms. The Balaban J connectivity index is 2.34. The largest absolute Gasteiger partial charge is 0.507 e. The summed E-state index contributed by atoms with van der Waals surface area (Å²) in [4.78, 5) is 23.9. The van der Waals surface area contributed by atoms with Crippen molar-refractivity contribution in [2.24, 2.45) is 0 Å². The lowest BCUT2D eigenvalue weighted by molar-refractivity contribution is 0.0812. The van der Waals surface area contributed by atoms with Gasteiger partial charge in [0.25, 0.3) is 0 Å². The highest BCUT2D eigenvalue weighted by molar-refractivity contribution is 6.53. The molecule has 1 atom stereocenters. The summed E-state index contributed by atoms with van der Waals surface area (Å²) in [6, 6.07) is 5.86. The van der Waals surface area contributed by atoms with E-state index in [4.69, 9.17) is 4.42 Å². The van der Waals surface area contributed by atoms with Crippen LogP contribution in [0.4, 0.5) is 0 Å². The van der Waals surface area contributed by atoms with E-state index in [1.54, 1.807) is 12.1 Å². The summed E-state index contributed by atoms with van der Waals surface area (Å²) < 4.78 is 5.43. The van der Waals surface area contributed by atoms with Crippen molar-refractivity contribution in [3.63, 3.8) is 0 Å². The smallest absolute Gasteiger partial charge is 0.238 e. The number of hydrogen-bond donors (Lipinski definition) is 2. The van der Waals surface area contributed by atoms with Gasteiger partial charge in [0.2, 0.25) is 11.6 Å². The van der Waals surface area contributed by atoms with Gasteiger partial charge in [0.05, 0.1) is 11.1 Å². The molecule has 3 rings (SSSR count). The molecule has 1 aliphatic rings. The number of ketones is 2. The van der Waals surface area contributed by atoms with E-state index in [0.717, 1.165) is 0 Å². The van der Waals surface area contributed by atoms with Crippen LogP contribution in [0.3, 0.4) is 0 Å². The number of aliphatic hydroxyl groups excluding tert-OH is 1. The molecule has 0 radical (unpaired) electrons. The van der Waals surface area contributed by atoms with E-state index in [-0.39, 0.29) is 28.4 Å². The van der Waals surface area contributed by atoms with Gasteiger partial charge in [-0.2, -0.15) is 0 Å². The van der Waals surface area contributed by atoms with Crippen molar-refractivity contribution < 1.29 is 24.2 Å². The zero-order valence-electron chi connectivity index (χ0n) is 10.0. The highest BCUT2D eigenvalue weighted by atomic mass is 16.4. The predicted octanol–water partition coefficient (Wildman–Crippen LogP) is 2.08. The Morgan fingerprint density at radius 3 is 2.58 bits per heavy atom. The van der Waals surface area contributed by atoms with E-state index in [1.807, 2.05) is 0 Å². The minimum absolute atomic E-state index is 0.0495. The third-order valence-electron chi connectivity index (χ3n) is 3.13. The topological polar surface area (TPSA) is 87.7 Å².